The summed E-state index contributed by atoms with van der Waals surface area (Å²) in [5.41, 5.74) is 4.98. The minimum atomic E-state index is -0.946. The molecular formula is C11H15F2NO2. The molecule has 0 fully saturated rings. The van der Waals surface area contributed by atoms with E-state index in [1.165, 1.54) is 20.3 Å². The summed E-state index contributed by atoms with van der Waals surface area (Å²) in [6, 6.07) is 1.24. The SMILES string of the molecule is COc1cc(C(C)(C)N)c(F)c(OC)c1F. The Hall–Kier alpha value is -1.36. The molecule has 0 heterocycles. The molecule has 0 saturated carbocycles. The summed E-state index contributed by atoms with van der Waals surface area (Å²) >= 11 is 0. The third kappa shape index (κ3) is 2.09. The van der Waals surface area contributed by atoms with Gasteiger partial charge in [0.25, 0.3) is 0 Å². The van der Waals surface area contributed by atoms with Crippen molar-refractivity contribution in [2.45, 2.75) is 19.4 Å². The van der Waals surface area contributed by atoms with Gasteiger partial charge >= 0.3 is 0 Å². The van der Waals surface area contributed by atoms with Gasteiger partial charge in [0, 0.05) is 11.1 Å². The second kappa shape index (κ2) is 4.25. The standard InChI is InChI=1S/C11H15F2NO2/c1-11(2,14)6-5-7(15-3)9(13)10(16-4)8(6)12/h5H,14H2,1-4H3. The summed E-state index contributed by atoms with van der Waals surface area (Å²) in [6.07, 6.45) is 0. The average Bonchev–Trinajstić information content (AvgIpc) is 2.17. The molecule has 0 amide bonds. The Morgan fingerprint density at radius 3 is 2.06 bits per heavy atom. The van der Waals surface area contributed by atoms with Crippen molar-refractivity contribution in [2.75, 3.05) is 14.2 Å². The lowest BCUT2D eigenvalue weighted by atomic mass is 9.94. The molecule has 0 aliphatic carbocycles. The second-order valence-corrected chi connectivity index (χ2v) is 4.01. The first-order chi connectivity index (χ1) is 7.32. The first-order valence-electron chi connectivity index (χ1n) is 4.72. The molecule has 0 aromatic heterocycles. The highest BCUT2D eigenvalue weighted by Gasteiger charge is 2.27. The molecule has 0 radical (unpaired) electrons. The number of nitrogens with two attached hydrogens (primary N) is 1. The molecule has 0 unspecified atom stereocenters. The van der Waals surface area contributed by atoms with Crippen molar-refractivity contribution < 1.29 is 18.3 Å². The van der Waals surface area contributed by atoms with E-state index >= 15 is 0 Å². The van der Waals surface area contributed by atoms with Gasteiger partial charge in [-0.15, -0.1) is 0 Å². The van der Waals surface area contributed by atoms with Gasteiger partial charge in [-0.1, -0.05) is 0 Å². The number of hydrogen-bond acceptors (Lipinski definition) is 3. The van der Waals surface area contributed by atoms with Crippen molar-refractivity contribution >= 4 is 0 Å². The fourth-order valence-corrected chi connectivity index (χ4v) is 1.38. The minimum absolute atomic E-state index is 0.0909. The Bertz CT molecular complexity index is 400. The third-order valence-electron chi connectivity index (χ3n) is 2.25. The van der Waals surface area contributed by atoms with Gasteiger partial charge in [0.2, 0.25) is 5.82 Å². The summed E-state index contributed by atoms with van der Waals surface area (Å²) in [5, 5.41) is 0. The van der Waals surface area contributed by atoms with Crippen LogP contribution >= 0.6 is 0 Å². The lowest BCUT2D eigenvalue weighted by Crippen LogP contribution is -2.30. The van der Waals surface area contributed by atoms with Crippen molar-refractivity contribution in [3.63, 3.8) is 0 Å². The number of hydrogen-bond donors (Lipinski definition) is 1. The van der Waals surface area contributed by atoms with E-state index in [1.54, 1.807) is 13.8 Å². The van der Waals surface area contributed by atoms with Gasteiger partial charge in [0.15, 0.2) is 17.3 Å². The first kappa shape index (κ1) is 12.7. The summed E-state index contributed by atoms with van der Waals surface area (Å²) in [6.45, 7) is 3.23. The predicted molar refractivity (Wildman–Crippen MR) is 56.7 cm³/mol. The second-order valence-electron chi connectivity index (χ2n) is 4.01. The Morgan fingerprint density at radius 2 is 1.69 bits per heavy atom. The molecule has 0 atom stereocenters. The number of methoxy groups -OCH3 is 2. The van der Waals surface area contributed by atoms with E-state index in [-0.39, 0.29) is 11.3 Å². The minimum Gasteiger partial charge on any atom is -0.494 e. The smallest absolute Gasteiger partial charge is 0.209 e. The first-order valence-corrected chi connectivity index (χ1v) is 4.72. The Morgan fingerprint density at radius 1 is 1.12 bits per heavy atom. The quantitative estimate of drug-likeness (QED) is 0.867. The molecular weight excluding hydrogens is 216 g/mol. The number of ether oxygens (including phenoxy) is 2. The maximum Gasteiger partial charge on any atom is 0.209 e. The summed E-state index contributed by atoms with van der Waals surface area (Å²) < 4.78 is 36.9. The van der Waals surface area contributed by atoms with E-state index in [1.807, 2.05) is 0 Å². The van der Waals surface area contributed by atoms with E-state index in [0.29, 0.717) is 0 Å². The molecule has 3 nitrogen and oxygen atoms in total. The number of benzene rings is 1. The van der Waals surface area contributed by atoms with E-state index in [4.69, 9.17) is 10.5 Å². The van der Waals surface area contributed by atoms with Crippen molar-refractivity contribution in [3.8, 4) is 11.5 Å². The van der Waals surface area contributed by atoms with Gasteiger partial charge in [-0.05, 0) is 19.9 Å². The normalized spacial score (nSPS) is 11.4. The van der Waals surface area contributed by atoms with Crippen LogP contribution in [-0.2, 0) is 5.54 Å². The van der Waals surface area contributed by atoms with Crippen molar-refractivity contribution in [3.05, 3.63) is 23.3 Å². The van der Waals surface area contributed by atoms with Crippen LogP contribution in [0.2, 0.25) is 0 Å². The summed E-state index contributed by atoms with van der Waals surface area (Å²) in [7, 11) is 2.48. The monoisotopic (exact) mass is 231 g/mol. The van der Waals surface area contributed by atoms with Gasteiger partial charge in [-0.25, -0.2) is 4.39 Å². The van der Waals surface area contributed by atoms with Crippen molar-refractivity contribution in [1.29, 1.82) is 0 Å². The molecule has 90 valence electrons. The molecule has 1 aromatic carbocycles. The van der Waals surface area contributed by atoms with E-state index in [2.05, 4.69) is 4.74 Å². The predicted octanol–water partition coefficient (Wildman–Crippen LogP) is 2.18. The number of halogens is 2. The molecule has 1 aromatic rings. The Labute approximate surface area is 93.2 Å². The van der Waals surface area contributed by atoms with Crippen LogP contribution in [0.25, 0.3) is 0 Å². The van der Waals surface area contributed by atoms with Crippen LogP contribution < -0.4 is 15.2 Å². The van der Waals surface area contributed by atoms with E-state index in [9.17, 15) is 8.78 Å². The highest BCUT2D eigenvalue weighted by Crippen LogP contribution is 2.35. The summed E-state index contributed by atoms with van der Waals surface area (Å²) in [4.78, 5) is 0. The Balaban J connectivity index is 3.53. The van der Waals surface area contributed by atoms with E-state index < -0.39 is 22.9 Å². The van der Waals surface area contributed by atoms with Gasteiger partial charge in [0.05, 0.1) is 14.2 Å². The lowest BCUT2D eigenvalue weighted by molar-refractivity contribution is 0.326. The lowest BCUT2D eigenvalue weighted by Gasteiger charge is -2.22. The van der Waals surface area contributed by atoms with Gasteiger partial charge in [-0.2, -0.15) is 4.39 Å². The van der Waals surface area contributed by atoms with Crippen molar-refractivity contribution in [2.24, 2.45) is 5.73 Å². The number of rotatable bonds is 3. The van der Waals surface area contributed by atoms with Crippen LogP contribution in [0.3, 0.4) is 0 Å². The van der Waals surface area contributed by atoms with Crippen LogP contribution in [-0.4, -0.2) is 14.2 Å². The fourth-order valence-electron chi connectivity index (χ4n) is 1.38. The molecule has 0 spiro atoms. The molecule has 1 rings (SSSR count). The van der Waals surface area contributed by atoms with Crippen LogP contribution in [0.1, 0.15) is 19.4 Å². The maximum atomic E-state index is 13.8. The molecule has 5 heteroatoms. The molecule has 0 aliphatic heterocycles. The van der Waals surface area contributed by atoms with Gasteiger partial charge in [-0.3, -0.25) is 0 Å². The highest BCUT2D eigenvalue weighted by atomic mass is 19.1. The molecule has 0 bridgehead atoms. The fraction of sp³-hybridized carbons (Fsp3) is 0.455. The third-order valence-corrected chi connectivity index (χ3v) is 2.25. The van der Waals surface area contributed by atoms with E-state index in [0.717, 1.165) is 0 Å². The average molecular weight is 231 g/mol. The van der Waals surface area contributed by atoms with Crippen LogP contribution in [0, 0.1) is 11.6 Å². The Kier molecular flexibility index (Phi) is 3.38. The van der Waals surface area contributed by atoms with Crippen LogP contribution in [0.5, 0.6) is 11.5 Å². The van der Waals surface area contributed by atoms with Gasteiger partial charge in [0.1, 0.15) is 0 Å². The molecule has 16 heavy (non-hydrogen) atoms. The zero-order valence-electron chi connectivity index (χ0n) is 9.73. The largest absolute Gasteiger partial charge is 0.494 e. The highest BCUT2D eigenvalue weighted by molar-refractivity contribution is 5.44. The van der Waals surface area contributed by atoms with Crippen LogP contribution in [0.15, 0.2) is 6.07 Å². The zero-order valence-corrected chi connectivity index (χ0v) is 9.73. The van der Waals surface area contributed by atoms with Crippen molar-refractivity contribution in [1.82, 2.24) is 0 Å². The van der Waals surface area contributed by atoms with Gasteiger partial charge < -0.3 is 15.2 Å². The molecule has 0 aliphatic rings. The molecule has 2 N–H and O–H groups in total. The van der Waals surface area contributed by atoms with Crippen LogP contribution in [0.4, 0.5) is 8.78 Å². The summed E-state index contributed by atoms with van der Waals surface area (Å²) in [5.74, 6) is -2.23. The molecule has 0 saturated heterocycles. The maximum absolute atomic E-state index is 13.8. The topological polar surface area (TPSA) is 44.5 Å². The zero-order chi connectivity index (χ0) is 12.5.